The van der Waals surface area contributed by atoms with Crippen LogP contribution in [0.5, 0.6) is 0 Å². The summed E-state index contributed by atoms with van der Waals surface area (Å²) in [5, 5.41) is 2.55. The summed E-state index contributed by atoms with van der Waals surface area (Å²) in [5.74, 6) is -0.353. The lowest BCUT2D eigenvalue weighted by Gasteiger charge is -2.09. The van der Waals surface area contributed by atoms with Gasteiger partial charge in [-0.25, -0.2) is 23.2 Å². The summed E-state index contributed by atoms with van der Waals surface area (Å²) in [4.78, 5) is 35.4. The molecule has 0 radical (unpaired) electrons. The van der Waals surface area contributed by atoms with Gasteiger partial charge in [-0.05, 0) is 48.5 Å². The first-order valence-corrected chi connectivity index (χ1v) is 11.5. The molecule has 3 N–H and O–H groups in total. The number of esters is 1. The molecule has 0 atom stereocenters. The Kier molecular flexibility index (Phi) is 6.64. The number of nitrogens with one attached hydrogen (secondary N) is 3. The van der Waals surface area contributed by atoms with Gasteiger partial charge in [-0.15, -0.1) is 0 Å². The molecule has 0 aliphatic carbocycles. The lowest BCUT2D eigenvalue weighted by molar-refractivity contribution is -0.119. The van der Waals surface area contributed by atoms with E-state index in [0.717, 1.165) is 5.56 Å². The van der Waals surface area contributed by atoms with Gasteiger partial charge in [-0.3, -0.25) is 9.52 Å². The molecule has 4 rings (SSSR count). The van der Waals surface area contributed by atoms with Gasteiger partial charge in [0.1, 0.15) is 11.6 Å². The minimum Gasteiger partial charge on any atom is -0.452 e. The number of hydrogen-bond acceptors (Lipinski definition) is 7. The first-order valence-electron chi connectivity index (χ1n) is 10.0. The number of H-pyrrole nitrogens is 1. The van der Waals surface area contributed by atoms with Crippen molar-refractivity contribution in [3.63, 3.8) is 0 Å². The van der Waals surface area contributed by atoms with Crippen molar-refractivity contribution in [3.05, 3.63) is 90.9 Å². The average molecular weight is 478 g/mol. The summed E-state index contributed by atoms with van der Waals surface area (Å²) in [6.07, 6.45) is 4.79. The molecule has 0 saturated heterocycles. The number of nitrogens with zero attached hydrogens (tertiary/aromatic N) is 2. The highest BCUT2D eigenvalue weighted by atomic mass is 32.2. The summed E-state index contributed by atoms with van der Waals surface area (Å²) in [6.45, 7) is -0.500. The van der Waals surface area contributed by atoms with Crippen molar-refractivity contribution < 1.29 is 22.7 Å². The van der Waals surface area contributed by atoms with Gasteiger partial charge in [0.15, 0.2) is 6.61 Å². The molecule has 172 valence electrons. The summed E-state index contributed by atoms with van der Waals surface area (Å²) in [7, 11) is -3.83. The number of rotatable bonds is 8. The number of sulfonamides is 1. The van der Waals surface area contributed by atoms with Crippen LogP contribution >= 0.6 is 0 Å². The van der Waals surface area contributed by atoms with Gasteiger partial charge in [-0.1, -0.05) is 18.2 Å². The van der Waals surface area contributed by atoms with Crippen molar-refractivity contribution in [2.45, 2.75) is 4.90 Å². The number of benzene rings is 2. The van der Waals surface area contributed by atoms with Gasteiger partial charge >= 0.3 is 5.97 Å². The van der Waals surface area contributed by atoms with E-state index < -0.39 is 28.5 Å². The third-order valence-corrected chi connectivity index (χ3v) is 5.95. The predicted molar refractivity (Wildman–Crippen MR) is 124 cm³/mol. The molecule has 1 amide bonds. The largest absolute Gasteiger partial charge is 0.452 e. The topological polar surface area (TPSA) is 143 Å². The Morgan fingerprint density at radius 2 is 1.68 bits per heavy atom. The van der Waals surface area contributed by atoms with E-state index in [0.29, 0.717) is 11.5 Å². The lowest BCUT2D eigenvalue weighted by atomic mass is 10.1. The van der Waals surface area contributed by atoms with E-state index in [1.165, 1.54) is 36.5 Å². The number of imidazole rings is 1. The van der Waals surface area contributed by atoms with E-state index in [9.17, 15) is 18.0 Å². The molecular weight excluding hydrogens is 458 g/mol. The fourth-order valence-corrected chi connectivity index (χ4v) is 3.94. The van der Waals surface area contributed by atoms with Gasteiger partial charge in [0, 0.05) is 29.8 Å². The first kappa shape index (κ1) is 22.7. The molecule has 10 nitrogen and oxygen atoms in total. The molecule has 0 saturated carbocycles. The number of aromatic amines is 1. The highest BCUT2D eigenvalue weighted by molar-refractivity contribution is 7.92. The maximum Gasteiger partial charge on any atom is 0.338 e. The quantitative estimate of drug-likeness (QED) is 0.331. The van der Waals surface area contributed by atoms with Crippen LogP contribution in [0, 0.1) is 0 Å². The van der Waals surface area contributed by atoms with Crippen LogP contribution in [0.2, 0.25) is 0 Å². The van der Waals surface area contributed by atoms with E-state index in [1.54, 1.807) is 48.8 Å². The number of pyridine rings is 1. The maximum atomic E-state index is 12.4. The van der Waals surface area contributed by atoms with Crippen LogP contribution in [0.15, 0.2) is 90.2 Å². The highest BCUT2D eigenvalue weighted by Crippen LogP contribution is 2.18. The van der Waals surface area contributed by atoms with Crippen LogP contribution in [0.1, 0.15) is 10.4 Å². The van der Waals surface area contributed by atoms with Crippen LogP contribution in [0.25, 0.3) is 11.4 Å². The molecule has 2 aromatic carbocycles. The zero-order valence-electron chi connectivity index (χ0n) is 17.6. The van der Waals surface area contributed by atoms with Gasteiger partial charge in [0.25, 0.3) is 15.9 Å². The molecule has 0 aliphatic rings. The number of anilines is 2. The maximum absolute atomic E-state index is 12.4. The van der Waals surface area contributed by atoms with Crippen molar-refractivity contribution in [2.75, 3.05) is 16.6 Å². The summed E-state index contributed by atoms with van der Waals surface area (Å²) in [6, 6.07) is 17.0. The third-order valence-electron chi connectivity index (χ3n) is 4.58. The number of hydrogen-bond donors (Lipinski definition) is 3. The van der Waals surface area contributed by atoms with Crippen molar-refractivity contribution >= 4 is 33.4 Å². The van der Waals surface area contributed by atoms with Crippen LogP contribution in [-0.2, 0) is 19.6 Å². The van der Waals surface area contributed by atoms with Gasteiger partial charge < -0.3 is 15.0 Å². The summed E-state index contributed by atoms with van der Waals surface area (Å²) in [5.41, 5.74) is 1.44. The molecule has 0 spiro atoms. The second-order valence-corrected chi connectivity index (χ2v) is 8.67. The van der Waals surface area contributed by atoms with E-state index >= 15 is 0 Å². The average Bonchev–Trinajstić information content (AvgIpc) is 3.38. The standard InChI is InChI=1S/C23H19N5O5S/c29-21(15-33-23(30)17-6-4-16(5-7-17)22-25-13-14-26-22)27-18-8-10-19(11-9-18)34(31,32)28-20-3-1-2-12-24-20/h1-14H,15H2,(H,24,28)(H,25,26)(H,27,29). The minimum atomic E-state index is -3.83. The van der Waals surface area contributed by atoms with E-state index in [-0.39, 0.29) is 16.3 Å². The number of carbonyl (C=O) groups excluding carboxylic acids is 2. The normalized spacial score (nSPS) is 10.9. The van der Waals surface area contributed by atoms with Crippen molar-refractivity contribution in [3.8, 4) is 11.4 Å². The smallest absolute Gasteiger partial charge is 0.338 e. The fourth-order valence-electron chi connectivity index (χ4n) is 2.94. The Hall–Kier alpha value is -4.51. The fraction of sp³-hybridized carbons (Fsp3) is 0.0435. The Labute approximate surface area is 195 Å². The zero-order valence-corrected chi connectivity index (χ0v) is 18.5. The molecule has 0 bridgehead atoms. The minimum absolute atomic E-state index is 0.000532. The molecule has 0 fully saturated rings. The van der Waals surface area contributed by atoms with E-state index in [1.807, 2.05) is 0 Å². The van der Waals surface area contributed by atoms with Crippen LogP contribution < -0.4 is 10.0 Å². The lowest BCUT2D eigenvalue weighted by Crippen LogP contribution is -2.21. The second-order valence-electron chi connectivity index (χ2n) is 6.98. The number of carbonyl (C=O) groups is 2. The van der Waals surface area contributed by atoms with Crippen LogP contribution in [0.4, 0.5) is 11.5 Å². The number of aromatic nitrogens is 3. The summed E-state index contributed by atoms with van der Waals surface area (Å²) >= 11 is 0. The van der Waals surface area contributed by atoms with Gasteiger partial charge in [0.05, 0.1) is 10.5 Å². The molecule has 4 aromatic rings. The molecule has 0 unspecified atom stereocenters. The van der Waals surface area contributed by atoms with E-state index in [4.69, 9.17) is 4.74 Å². The molecule has 34 heavy (non-hydrogen) atoms. The van der Waals surface area contributed by atoms with Crippen LogP contribution in [0.3, 0.4) is 0 Å². The second kappa shape index (κ2) is 9.96. The Balaban J connectivity index is 1.29. The molecule has 2 aromatic heterocycles. The van der Waals surface area contributed by atoms with Gasteiger partial charge in [-0.2, -0.15) is 0 Å². The van der Waals surface area contributed by atoms with E-state index in [2.05, 4.69) is 25.0 Å². The summed E-state index contributed by atoms with van der Waals surface area (Å²) < 4.78 is 32.3. The zero-order chi connectivity index (χ0) is 24.0. The molecule has 0 aliphatic heterocycles. The van der Waals surface area contributed by atoms with Crippen LogP contribution in [-0.4, -0.2) is 41.9 Å². The monoisotopic (exact) mass is 477 g/mol. The van der Waals surface area contributed by atoms with Gasteiger partial charge in [0.2, 0.25) is 0 Å². The Morgan fingerprint density at radius 1 is 0.912 bits per heavy atom. The first-order chi connectivity index (χ1) is 16.4. The highest BCUT2D eigenvalue weighted by Gasteiger charge is 2.15. The third kappa shape index (κ3) is 5.64. The number of ether oxygens (including phenoxy) is 1. The van der Waals surface area contributed by atoms with Crippen molar-refractivity contribution in [1.29, 1.82) is 0 Å². The molecule has 2 heterocycles. The SMILES string of the molecule is O=C(COC(=O)c1ccc(-c2ncc[nH]2)cc1)Nc1ccc(S(=O)(=O)Nc2ccccn2)cc1. The Bertz CT molecular complexity index is 1370. The Morgan fingerprint density at radius 3 is 2.32 bits per heavy atom. The van der Waals surface area contributed by atoms with Crippen molar-refractivity contribution in [2.24, 2.45) is 0 Å². The molecule has 11 heteroatoms. The molecular formula is C23H19N5O5S. The number of amides is 1. The predicted octanol–water partition coefficient (Wildman–Crippen LogP) is 3.07. The van der Waals surface area contributed by atoms with Crippen molar-refractivity contribution in [1.82, 2.24) is 15.0 Å².